The normalized spacial score (nSPS) is 10.5. The standard InChI is InChI=1S/C21H20N6O3/c1-28-17-8-7-15(11-18(17)29-2)25-21-27-26-20(30-21)16-6-4-10-23-19(16)24-13-14-5-3-9-22-12-14/h3-12H,13H2,1-2H3,(H,23,24)(H,25,27). The fourth-order valence-corrected chi connectivity index (χ4v) is 2.83. The largest absolute Gasteiger partial charge is 0.493 e. The van der Waals surface area contributed by atoms with E-state index in [1.165, 1.54) is 0 Å². The van der Waals surface area contributed by atoms with E-state index >= 15 is 0 Å². The lowest BCUT2D eigenvalue weighted by atomic mass is 10.2. The number of pyridine rings is 2. The lowest BCUT2D eigenvalue weighted by molar-refractivity contribution is 0.355. The zero-order chi connectivity index (χ0) is 20.8. The monoisotopic (exact) mass is 404 g/mol. The van der Waals surface area contributed by atoms with Crippen molar-refractivity contribution in [3.63, 3.8) is 0 Å². The summed E-state index contributed by atoms with van der Waals surface area (Å²) in [6.45, 7) is 0.572. The molecular formula is C21H20N6O3. The summed E-state index contributed by atoms with van der Waals surface area (Å²) in [5, 5.41) is 14.6. The van der Waals surface area contributed by atoms with Gasteiger partial charge >= 0.3 is 6.01 Å². The minimum Gasteiger partial charge on any atom is -0.493 e. The van der Waals surface area contributed by atoms with Crippen molar-refractivity contribution in [3.05, 3.63) is 66.6 Å². The Balaban J connectivity index is 1.51. The molecule has 0 fully saturated rings. The van der Waals surface area contributed by atoms with Crippen molar-refractivity contribution in [2.45, 2.75) is 6.54 Å². The van der Waals surface area contributed by atoms with Gasteiger partial charge in [0.25, 0.3) is 5.89 Å². The van der Waals surface area contributed by atoms with Crippen molar-refractivity contribution in [1.82, 2.24) is 20.2 Å². The van der Waals surface area contributed by atoms with E-state index in [9.17, 15) is 0 Å². The van der Waals surface area contributed by atoms with Crippen molar-refractivity contribution >= 4 is 17.5 Å². The average Bonchev–Trinajstić information content (AvgIpc) is 3.26. The fourth-order valence-electron chi connectivity index (χ4n) is 2.83. The number of anilines is 3. The van der Waals surface area contributed by atoms with E-state index in [0.29, 0.717) is 35.3 Å². The van der Waals surface area contributed by atoms with Crippen molar-refractivity contribution in [2.24, 2.45) is 0 Å². The Morgan fingerprint density at radius 3 is 2.63 bits per heavy atom. The molecule has 9 heteroatoms. The number of ether oxygens (including phenoxy) is 2. The molecule has 0 saturated heterocycles. The smallest absolute Gasteiger partial charge is 0.320 e. The van der Waals surface area contributed by atoms with E-state index in [0.717, 1.165) is 11.3 Å². The number of nitrogens with zero attached hydrogens (tertiary/aromatic N) is 4. The summed E-state index contributed by atoms with van der Waals surface area (Å²) in [6, 6.07) is 13.2. The van der Waals surface area contributed by atoms with Crippen LogP contribution in [0.25, 0.3) is 11.5 Å². The van der Waals surface area contributed by atoms with Gasteiger partial charge in [0.2, 0.25) is 0 Å². The van der Waals surface area contributed by atoms with Crippen LogP contribution in [-0.4, -0.2) is 34.4 Å². The van der Waals surface area contributed by atoms with Gasteiger partial charge in [-0.3, -0.25) is 4.98 Å². The van der Waals surface area contributed by atoms with Crippen molar-refractivity contribution < 1.29 is 13.9 Å². The Kier molecular flexibility index (Phi) is 5.70. The lowest BCUT2D eigenvalue weighted by Gasteiger charge is -2.09. The molecule has 0 aliphatic rings. The minimum absolute atomic E-state index is 0.249. The maximum atomic E-state index is 5.80. The van der Waals surface area contributed by atoms with Crippen LogP contribution in [0.1, 0.15) is 5.56 Å². The van der Waals surface area contributed by atoms with E-state index in [-0.39, 0.29) is 6.01 Å². The summed E-state index contributed by atoms with van der Waals surface area (Å²) in [6.07, 6.45) is 5.24. The first kappa shape index (κ1) is 19.2. The number of rotatable bonds is 8. The Hall–Kier alpha value is -4.14. The molecule has 0 radical (unpaired) electrons. The van der Waals surface area contributed by atoms with E-state index in [1.54, 1.807) is 44.9 Å². The quantitative estimate of drug-likeness (QED) is 0.452. The molecule has 152 valence electrons. The van der Waals surface area contributed by atoms with Crippen molar-refractivity contribution in [2.75, 3.05) is 24.9 Å². The molecule has 2 N–H and O–H groups in total. The van der Waals surface area contributed by atoms with Gasteiger partial charge in [0.1, 0.15) is 5.82 Å². The predicted octanol–water partition coefficient (Wildman–Crippen LogP) is 3.90. The molecule has 9 nitrogen and oxygen atoms in total. The first-order valence-corrected chi connectivity index (χ1v) is 9.17. The zero-order valence-corrected chi connectivity index (χ0v) is 16.5. The summed E-state index contributed by atoms with van der Waals surface area (Å²) in [5.41, 5.74) is 2.47. The van der Waals surface area contributed by atoms with E-state index in [1.807, 2.05) is 30.3 Å². The molecule has 30 heavy (non-hydrogen) atoms. The first-order chi connectivity index (χ1) is 14.8. The van der Waals surface area contributed by atoms with Gasteiger partial charge < -0.3 is 24.5 Å². The topological polar surface area (TPSA) is 107 Å². The van der Waals surface area contributed by atoms with Gasteiger partial charge in [0, 0.05) is 36.9 Å². The van der Waals surface area contributed by atoms with Gasteiger partial charge in [-0.2, -0.15) is 0 Å². The second kappa shape index (κ2) is 8.91. The van der Waals surface area contributed by atoms with Gasteiger partial charge in [0.05, 0.1) is 19.8 Å². The highest BCUT2D eigenvalue weighted by Gasteiger charge is 2.14. The highest BCUT2D eigenvalue weighted by atomic mass is 16.5. The van der Waals surface area contributed by atoms with Crippen LogP contribution in [0, 0.1) is 0 Å². The van der Waals surface area contributed by atoms with Crippen molar-refractivity contribution in [1.29, 1.82) is 0 Å². The van der Waals surface area contributed by atoms with Gasteiger partial charge in [-0.25, -0.2) is 4.98 Å². The summed E-state index contributed by atoms with van der Waals surface area (Å²) in [7, 11) is 3.16. The molecule has 0 aliphatic heterocycles. The van der Waals surface area contributed by atoms with Crippen LogP contribution in [0.2, 0.25) is 0 Å². The molecule has 0 amide bonds. The number of benzene rings is 1. The van der Waals surface area contributed by atoms with Crippen LogP contribution in [0.3, 0.4) is 0 Å². The predicted molar refractivity (Wildman–Crippen MR) is 112 cm³/mol. The molecule has 3 heterocycles. The second-order valence-corrected chi connectivity index (χ2v) is 6.22. The Morgan fingerprint density at radius 2 is 1.83 bits per heavy atom. The summed E-state index contributed by atoms with van der Waals surface area (Å²) < 4.78 is 16.4. The number of aromatic nitrogens is 4. The third-order valence-electron chi connectivity index (χ3n) is 4.28. The third kappa shape index (κ3) is 4.30. The maximum absolute atomic E-state index is 5.80. The van der Waals surface area contributed by atoms with Crippen LogP contribution in [0.15, 0.2) is 65.5 Å². The molecule has 4 rings (SSSR count). The minimum atomic E-state index is 0.249. The molecule has 3 aromatic heterocycles. The third-order valence-corrected chi connectivity index (χ3v) is 4.28. The van der Waals surface area contributed by atoms with Gasteiger partial charge in [0.15, 0.2) is 11.5 Å². The SMILES string of the molecule is COc1ccc(Nc2nnc(-c3cccnc3NCc3cccnc3)o2)cc1OC. The van der Waals surface area contributed by atoms with Crippen LogP contribution in [0.4, 0.5) is 17.5 Å². The Morgan fingerprint density at radius 1 is 0.967 bits per heavy atom. The molecule has 0 unspecified atom stereocenters. The van der Waals surface area contributed by atoms with E-state index in [2.05, 4.69) is 30.8 Å². The Bertz CT molecular complexity index is 1120. The Labute approximate surface area is 173 Å². The molecular weight excluding hydrogens is 384 g/mol. The molecule has 0 spiro atoms. The molecule has 1 aromatic carbocycles. The zero-order valence-electron chi connectivity index (χ0n) is 16.5. The van der Waals surface area contributed by atoms with Crippen LogP contribution in [0.5, 0.6) is 11.5 Å². The molecule has 4 aromatic rings. The lowest BCUT2D eigenvalue weighted by Crippen LogP contribution is -2.03. The van der Waals surface area contributed by atoms with Crippen molar-refractivity contribution in [3.8, 4) is 23.0 Å². The first-order valence-electron chi connectivity index (χ1n) is 9.17. The molecule has 0 aliphatic carbocycles. The molecule has 0 bridgehead atoms. The van der Waals surface area contributed by atoms with E-state index < -0.39 is 0 Å². The highest BCUT2D eigenvalue weighted by Crippen LogP contribution is 2.32. The maximum Gasteiger partial charge on any atom is 0.320 e. The fraction of sp³-hybridized carbons (Fsp3) is 0.143. The van der Waals surface area contributed by atoms with Gasteiger partial charge in [-0.1, -0.05) is 11.2 Å². The van der Waals surface area contributed by atoms with Crippen LogP contribution in [-0.2, 0) is 6.54 Å². The summed E-state index contributed by atoms with van der Waals surface area (Å²) >= 11 is 0. The number of nitrogens with one attached hydrogen (secondary N) is 2. The highest BCUT2D eigenvalue weighted by molar-refractivity contribution is 5.69. The van der Waals surface area contributed by atoms with Gasteiger partial charge in [-0.15, -0.1) is 5.10 Å². The van der Waals surface area contributed by atoms with Gasteiger partial charge in [-0.05, 0) is 35.9 Å². The molecule has 0 atom stereocenters. The number of methoxy groups -OCH3 is 2. The number of hydrogen-bond acceptors (Lipinski definition) is 9. The number of hydrogen-bond donors (Lipinski definition) is 2. The second-order valence-electron chi connectivity index (χ2n) is 6.22. The summed E-state index contributed by atoms with van der Waals surface area (Å²) in [4.78, 5) is 8.51. The van der Waals surface area contributed by atoms with Crippen LogP contribution < -0.4 is 20.1 Å². The molecule has 0 saturated carbocycles. The average molecular weight is 404 g/mol. The summed E-state index contributed by atoms with van der Waals surface area (Å²) in [5.74, 6) is 2.22. The van der Waals surface area contributed by atoms with E-state index in [4.69, 9.17) is 13.9 Å². The van der Waals surface area contributed by atoms with Crippen LogP contribution >= 0.6 is 0 Å².